The number of hydrogen-bond acceptors (Lipinski definition) is 4. The van der Waals surface area contributed by atoms with Crippen molar-refractivity contribution >= 4 is 6.09 Å². The smallest absolute Gasteiger partial charge is 0.413 e. The molecule has 0 aliphatic rings. The Morgan fingerprint density at radius 2 is 1.80 bits per heavy atom. The molecule has 0 aliphatic heterocycles. The van der Waals surface area contributed by atoms with E-state index in [1.807, 2.05) is 60.3 Å². The van der Waals surface area contributed by atoms with Crippen LogP contribution in [0.3, 0.4) is 0 Å². The maximum absolute atomic E-state index is 12.3. The van der Waals surface area contributed by atoms with E-state index < -0.39 is 12.1 Å². The van der Waals surface area contributed by atoms with Gasteiger partial charge in [0.25, 0.3) is 0 Å². The fourth-order valence-electron chi connectivity index (χ4n) is 2.49. The first-order valence-electron chi connectivity index (χ1n) is 7.82. The molecule has 0 radical (unpaired) electrons. The summed E-state index contributed by atoms with van der Waals surface area (Å²) in [7, 11) is 3.49. The monoisotopic (exact) mass is 337 g/mol. The van der Waals surface area contributed by atoms with Gasteiger partial charge in [-0.05, 0) is 29.8 Å². The van der Waals surface area contributed by atoms with Crippen molar-refractivity contribution in [1.29, 1.82) is 0 Å². The lowest BCUT2D eigenvalue weighted by Crippen LogP contribution is -2.33. The molecular formula is C19H19N3O3. The third-order valence-electron chi connectivity index (χ3n) is 3.78. The Balaban J connectivity index is 1.83. The summed E-state index contributed by atoms with van der Waals surface area (Å²) >= 11 is 0. The molecule has 1 atom stereocenters. The number of imidazole rings is 1. The first-order valence-corrected chi connectivity index (χ1v) is 7.82. The van der Waals surface area contributed by atoms with E-state index in [0.29, 0.717) is 11.6 Å². The summed E-state index contributed by atoms with van der Waals surface area (Å²) in [5.41, 5.74) is 0.875. The van der Waals surface area contributed by atoms with E-state index in [2.05, 4.69) is 10.3 Å². The lowest BCUT2D eigenvalue weighted by Gasteiger charge is -2.19. The average molecular weight is 337 g/mol. The van der Waals surface area contributed by atoms with Gasteiger partial charge in [0.1, 0.15) is 23.4 Å². The highest BCUT2D eigenvalue weighted by molar-refractivity contribution is 5.71. The van der Waals surface area contributed by atoms with Crippen LogP contribution in [0.5, 0.6) is 11.5 Å². The van der Waals surface area contributed by atoms with Crippen molar-refractivity contribution in [2.24, 2.45) is 7.05 Å². The van der Waals surface area contributed by atoms with Crippen molar-refractivity contribution in [3.63, 3.8) is 0 Å². The molecule has 0 saturated heterocycles. The molecule has 2 aromatic carbocycles. The van der Waals surface area contributed by atoms with Crippen LogP contribution in [0.25, 0.3) is 0 Å². The summed E-state index contributed by atoms with van der Waals surface area (Å²) in [6, 6.07) is 15.9. The standard InChI is InChI=1S/C19H19N3O3/c1-22-13-12-20-18(22)17(14-8-10-15(24-2)11-9-14)21-19(23)25-16-6-4-3-5-7-16/h3-13,17H,1-2H3,(H,21,23). The van der Waals surface area contributed by atoms with Gasteiger partial charge in [-0.2, -0.15) is 0 Å². The summed E-state index contributed by atoms with van der Waals surface area (Å²) < 4.78 is 12.4. The first-order chi connectivity index (χ1) is 12.2. The van der Waals surface area contributed by atoms with E-state index in [0.717, 1.165) is 11.3 Å². The summed E-state index contributed by atoms with van der Waals surface area (Å²) in [6.45, 7) is 0. The molecule has 1 aromatic heterocycles. The Kier molecular flexibility index (Phi) is 4.99. The second-order valence-electron chi connectivity index (χ2n) is 5.45. The molecule has 6 nitrogen and oxygen atoms in total. The van der Waals surface area contributed by atoms with Crippen LogP contribution in [0.4, 0.5) is 4.79 Å². The Bertz CT molecular complexity index is 829. The number of benzene rings is 2. The topological polar surface area (TPSA) is 65.4 Å². The molecule has 6 heteroatoms. The molecule has 0 bridgehead atoms. The minimum Gasteiger partial charge on any atom is -0.497 e. The van der Waals surface area contributed by atoms with Gasteiger partial charge >= 0.3 is 6.09 Å². The number of carbonyl (C=O) groups excluding carboxylic acids is 1. The maximum atomic E-state index is 12.3. The van der Waals surface area contributed by atoms with Crippen LogP contribution in [0, 0.1) is 0 Å². The van der Waals surface area contributed by atoms with Gasteiger partial charge in [-0.15, -0.1) is 0 Å². The molecule has 1 heterocycles. The van der Waals surface area contributed by atoms with E-state index in [1.165, 1.54) is 0 Å². The van der Waals surface area contributed by atoms with Crippen molar-refractivity contribution in [2.45, 2.75) is 6.04 Å². The molecule has 1 amide bonds. The van der Waals surface area contributed by atoms with Crippen LogP contribution in [-0.4, -0.2) is 22.8 Å². The van der Waals surface area contributed by atoms with Gasteiger partial charge < -0.3 is 19.4 Å². The van der Waals surface area contributed by atoms with Crippen molar-refractivity contribution in [1.82, 2.24) is 14.9 Å². The van der Waals surface area contributed by atoms with Gasteiger partial charge in [0.05, 0.1) is 7.11 Å². The second kappa shape index (κ2) is 7.53. The number of methoxy groups -OCH3 is 1. The minimum atomic E-state index is -0.546. The minimum absolute atomic E-state index is 0.442. The Labute approximate surface area is 146 Å². The Hall–Kier alpha value is -3.28. The van der Waals surface area contributed by atoms with Gasteiger partial charge in [0.2, 0.25) is 0 Å². The second-order valence-corrected chi connectivity index (χ2v) is 5.45. The number of amides is 1. The predicted octanol–water partition coefficient (Wildman–Crippen LogP) is 3.31. The van der Waals surface area contributed by atoms with E-state index >= 15 is 0 Å². The van der Waals surface area contributed by atoms with Crippen molar-refractivity contribution in [2.75, 3.05) is 7.11 Å². The number of hydrogen-bond donors (Lipinski definition) is 1. The lowest BCUT2D eigenvalue weighted by molar-refractivity contribution is 0.197. The van der Waals surface area contributed by atoms with Gasteiger partial charge in [0.15, 0.2) is 0 Å². The number of carbonyl (C=O) groups is 1. The van der Waals surface area contributed by atoms with E-state index in [9.17, 15) is 4.79 Å². The van der Waals surface area contributed by atoms with Crippen molar-refractivity contribution < 1.29 is 14.3 Å². The molecule has 25 heavy (non-hydrogen) atoms. The van der Waals surface area contributed by atoms with E-state index in [-0.39, 0.29) is 0 Å². The quantitative estimate of drug-likeness (QED) is 0.776. The summed E-state index contributed by atoms with van der Waals surface area (Å²) in [5.74, 6) is 1.93. The number of aromatic nitrogens is 2. The molecule has 0 aliphatic carbocycles. The van der Waals surface area contributed by atoms with Crippen molar-refractivity contribution in [3.05, 3.63) is 78.4 Å². The summed E-state index contributed by atoms with van der Waals surface area (Å²) in [4.78, 5) is 16.7. The number of para-hydroxylation sites is 1. The maximum Gasteiger partial charge on any atom is 0.413 e. The van der Waals surface area contributed by atoms with Gasteiger partial charge in [-0.3, -0.25) is 0 Å². The molecule has 0 fully saturated rings. The van der Waals surface area contributed by atoms with Crippen LogP contribution in [0.15, 0.2) is 67.0 Å². The third kappa shape index (κ3) is 3.98. The van der Waals surface area contributed by atoms with Crippen molar-refractivity contribution in [3.8, 4) is 11.5 Å². The zero-order chi connectivity index (χ0) is 17.6. The first kappa shape index (κ1) is 16.6. The number of aryl methyl sites for hydroxylation is 1. The van der Waals surface area contributed by atoms with Gasteiger partial charge in [-0.25, -0.2) is 9.78 Å². The van der Waals surface area contributed by atoms with Crippen LogP contribution >= 0.6 is 0 Å². The van der Waals surface area contributed by atoms with Crippen LogP contribution in [0.1, 0.15) is 17.4 Å². The number of ether oxygens (including phenoxy) is 2. The van der Waals surface area contributed by atoms with E-state index in [4.69, 9.17) is 9.47 Å². The largest absolute Gasteiger partial charge is 0.497 e. The van der Waals surface area contributed by atoms with Crippen LogP contribution in [-0.2, 0) is 7.05 Å². The fourth-order valence-corrected chi connectivity index (χ4v) is 2.49. The SMILES string of the molecule is COc1ccc(C(NC(=O)Oc2ccccc2)c2nccn2C)cc1. The molecule has 0 saturated carbocycles. The molecule has 0 spiro atoms. The molecule has 1 N–H and O–H groups in total. The van der Waals surface area contributed by atoms with Gasteiger partial charge in [-0.1, -0.05) is 30.3 Å². The lowest BCUT2D eigenvalue weighted by atomic mass is 10.1. The molecular weight excluding hydrogens is 318 g/mol. The zero-order valence-electron chi connectivity index (χ0n) is 14.0. The van der Waals surface area contributed by atoms with Crippen LogP contribution in [0.2, 0.25) is 0 Å². The number of nitrogens with zero attached hydrogens (tertiary/aromatic N) is 2. The van der Waals surface area contributed by atoms with E-state index in [1.54, 1.807) is 25.4 Å². The predicted molar refractivity (Wildman–Crippen MR) is 93.6 cm³/mol. The molecule has 3 rings (SSSR count). The molecule has 3 aromatic rings. The average Bonchev–Trinajstić information content (AvgIpc) is 3.06. The Morgan fingerprint density at radius 3 is 2.40 bits per heavy atom. The summed E-state index contributed by atoms with van der Waals surface area (Å²) in [6.07, 6.45) is 2.97. The van der Waals surface area contributed by atoms with Gasteiger partial charge in [0, 0.05) is 19.4 Å². The highest BCUT2D eigenvalue weighted by Gasteiger charge is 2.21. The molecule has 1 unspecified atom stereocenters. The fraction of sp³-hybridized carbons (Fsp3) is 0.158. The highest BCUT2D eigenvalue weighted by Crippen LogP contribution is 2.23. The normalized spacial score (nSPS) is 11.6. The third-order valence-corrected chi connectivity index (χ3v) is 3.78. The molecule has 128 valence electrons. The van der Waals surface area contributed by atoms with Crippen LogP contribution < -0.4 is 14.8 Å². The number of nitrogens with one attached hydrogen (secondary N) is 1. The Morgan fingerprint density at radius 1 is 1.08 bits per heavy atom. The zero-order valence-corrected chi connectivity index (χ0v) is 14.0. The summed E-state index contributed by atoms with van der Waals surface area (Å²) in [5, 5.41) is 2.88. The highest BCUT2D eigenvalue weighted by atomic mass is 16.6. The number of rotatable bonds is 5.